The second-order valence-corrected chi connectivity index (χ2v) is 4.39. The van der Waals surface area contributed by atoms with Crippen molar-refractivity contribution in [2.75, 3.05) is 26.2 Å². The van der Waals surface area contributed by atoms with Crippen LogP contribution >= 0.6 is 34.8 Å². The Balaban J connectivity index is 2.95. The van der Waals surface area contributed by atoms with Crippen molar-refractivity contribution in [3.8, 4) is 5.75 Å². The minimum Gasteiger partial charge on any atom is -0.490 e. The van der Waals surface area contributed by atoms with Gasteiger partial charge in [0.1, 0.15) is 18.2 Å². The molecule has 18 heavy (non-hydrogen) atoms. The van der Waals surface area contributed by atoms with E-state index >= 15 is 0 Å². The quantitative estimate of drug-likeness (QED) is 0.380. The highest BCUT2D eigenvalue weighted by Crippen LogP contribution is 2.35. The van der Waals surface area contributed by atoms with Crippen molar-refractivity contribution in [1.82, 2.24) is 0 Å². The van der Waals surface area contributed by atoms with Gasteiger partial charge in [0, 0.05) is 13.2 Å². The molecule has 0 bridgehead atoms. The minimum absolute atomic E-state index is 0.124. The van der Waals surface area contributed by atoms with Crippen LogP contribution in [0.1, 0.15) is 0 Å². The Morgan fingerprint density at radius 3 is 2.61 bits per heavy atom. The maximum atomic E-state index is 5.99. The Labute approximate surface area is 121 Å². The van der Waals surface area contributed by atoms with E-state index in [-0.39, 0.29) is 11.7 Å². The summed E-state index contributed by atoms with van der Waals surface area (Å²) in [7, 11) is 1.59. The number of halogens is 3. The average molecular weight is 312 g/mol. The summed E-state index contributed by atoms with van der Waals surface area (Å²) in [6, 6.07) is 3.16. The van der Waals surface area contributed by atoms with Gasteiger partial charge in [-0.3, -0.25) is 0 Å². The third-order valence-electron chi connectivity index (χ3n) is 1.95. The topological polar surface area (TPSA) is 56.8 Å². The zero-order valence-electron chi connectivity index (χ0n) is 9.75. The first kappa shape index (κ1) is 15.4. The van der Waals surface area contributed by atoms with Crippen LogP contribution in [0.3, 0.4) is 0 Å². The standard InChI is InChI=1S/C11H13Cl3N2O2/c1-17-2-3-18-10-5-9(16-11(15)6-12)7(13)4-8(10)14/h4-5H,2-3,6H2,1H3,(H2,15,16). The van der Waals surface area contributed by atoms with E-state index in [9.17, 15) is 0 Å². The van der Waals surface area contributed by atoms with Crippen LogP contribution in [0, 0.1) is 0 Å². The fourth-order valence-electron chi connectivity index (χ4n) is 1.13. The maximum Gasteiger partial charge on any atom is 0.140 e. The first-order valence-corrected chi connectivity index (χ1v) is 6.37. The van der Waals surface area contributed by atoms with E-state index in [4.69, 9.17) is 50.0 Å². The largest absolute Gasteiger partial charge is 0.490 e. The van der Waals surface area contributed by atoms with E-state index in [1.807, 2.05) is 0 Å². The van der Waals surface area contributed by atoms with Gasteiger partial charge in [-0.2, -0.15) is 0 Å². The molecule has 0 fully saturated rings. The van der Waals surface area contributed by atoms with Gasteiger partial charge in [-0.1, -0.05) is 23.2 Å². The van der Waals surface area contributed by atoms with Crippen molar-refractivity contribution in [1.29, 1.82) is 0 Å². The van der Waals surface area contributed by atoms with Gasteiger partial charge >= 0.3 is 0 Å². The van der Waals surface area contributed by atoms with Gasteiger partial charge in [-0.05, 0) is 6.07 Å². The zero-order valence-corrected chi connectivity index (χ0v) is 12.0. The van der Waals surface area contributed by atoms with E-state index < -0.39 is 0 Å². The predicted octanol–water partition coefficient (Wildman–Crippen LogP) is 3.25. The van der Waals surface area contributed by atoms with Crippen molar-refractivity contribution in [2.24, 2.45) is 10.7 Å². The minimum atomic E-state index is 0.124. The molecule has 1 rings (SSSR count). The monoisotopic (exact) mass is 310 g/mol. The lowest BCUT2D eigenvalue weighted by Crippen LogP contribution is -2.12. The number of nitrogens with two attached hydrogens (primary N) is 1. The molecule has 0 unspecified atom stereocenters. The molecule has 0 saturated heterocycles. The van der Waals surface area contributed by atoms with Gasteiger partial charge in [-0.25, -0.2) is 4.99 Å². The van der Waals surface area contributed by atoms with Crippen LogP contribution < -0.4 is 10.5 Å². The summed E-state index contributed by atoms with van der Waals surface area (Å²) < 4.78 is 10.3. The molecular formula is C11H13Cl3N2O2. The molecule has 1 aromatic carbocycles. The Morgan fingerprint density at radius 2 is 2.00 bits per heavy atom. The number of rotatable bonds is 6. The SMILES string of the molecule is COCCOc1cc(N=C(N)CCl)c(Cl)cc1Cl. The molecule has 4 nitrogen and oxygen atoms in total. The van der Waals surface area contributed by atoms with Crippen LogP contribution in [0.15, 0.2) is 17.1 Å². The van der Waals surface area contributed by atoms with Gasteiger partial charge in [0.15, 0.2) is 0 Å². The molecule has 0 aliphatic carbocycles. The third-order valence-corrected chi connectivity index (χ3v) is 2.82. The van der Waals surface area contributed by atoms with E-state index in [1.165, 1.54) is 0 Å². The molecule has 0 saturated carbocycles. The normalized spacial score (nSPS) is 11.7. The number of hydrogen-bond donors (Lipinski definition) is 1. The second kappa shape index (κ2) is 7.69. The Hall–Kier alpha value is -0.680. The molecule has 7 heteroatoms. The van der Waals surface area contributed by atoms with Gasteiger partial charge < -0.3 is 15.2 Å². The van der Waals surface area contributed by atoms with Crippen molar-refractivity contribution in [3.63, 3.8) is 0 Å². The third kappa shape index (κ3) is 4.53. The molecule has 2 N–H and O–H groups in total. The van der Waals surface area contributed by atoms with Crippen molar-refractivity contribution in [2.45, 2.75) is 0 Å². The summed E-state index contributed by atoms with van der Waals surface area (Å²) >= 11 is 17.5. The maximum absolute atomic E-state index is 5.99. The van der Waals surface area contributed by atoms with Crippen LogP contribution in [0.4, 0.5) is 5.69 Å². The molecule has 1 aromatic rings. The second-order valence-electron chi connectivity index (χ2n) is 3.31. The van der Waals surface area contributed by atoms with Gasteiger partial charge in [0.05, 0.1) is 28.2 Å². The van der Waals surface area contributed by atoms with Crippen LogP contribution in [-0.4, -0.2) is 32.0 Å². The summed E-state index contributed by atoms with van der Waals surface area (Å²) in [6.07, 6.45) is 0. The molecule has 100 valence electrons. The lowest BCUT2D eigenvalue weighted by molar-refractivity contribution is 0.146. The van der Waals surface area contributed by atoms with E-state index in [2.05, 4.69) is 4.99 Å². The molecule has 0 amide bonds. The summed E-state index contributed by atoms with van der Waals surface area (Å²) in [5.41, 5.74) is 6.01. The number of hydrogen-bond acceptors (Lipinski definition) is 3. The molecule has 0 spiro atoms. The lowest BCUT2D eigenvalue weighted by atomic mass is 10.3. The Kier molecular flexibility index (Phi) is 6.57. The average Bonchev–Trinajstić information content (AvgIpc) is 2.34. The molecular weight excluding hydrogens is 298 g/mol. The van der Waals surface area contributed by atoms with Gasteiger partial charge in [-0.15, -0.1) is 11.6 Å². The first-order chi connectivity index (χ1) is 8.58. The molecule has 0 heterocycles. The Morgan fingerprint density at radius 1 is 1.28 bits per heavy atom. The number of aliphatic imine (C=N–C) groups is 1. The smallest absolute Gasteiger partial charge is 0.140 e. The first-order valence-electron chi connectivity index (χ1n) is 5.08. The predicted molar refractivity (Wildman–Crippen MR) is 75.8 cm³/mol. The molecule has 0 aliphatic heterocycles. The summed E-state index contributed by atoms with van der Waals surface area (Å²) in [5, 5.41) is 0.784. The van der Waals surface area contributed by atoms with E-state index in [1.54, 1.807) is 19.2 Å². The van der Waals surface area contributed by atoms with Crippen molar-refractivity contribution >= 4 is 46.3 Å². The van der Waals surface area contributed by atoms with Gasteiger partial charge in [0.2, 0.25) is 0 Å². The zero-order chi connectivity index (χ0) is 13.5. The fraction of sp³-hybridized carbons (Fsp3) is 0.364. The Bertz CT molecular complexity index is 439. The van der Waals surface area contributed by atoms with E-state index in [0.29, 0.717) is 34.7 Å². The summed E-state index contributed by atoms with van der Waals surface area (Å²) in [5.74, 6) is 0.863. The van der Waals surface area contributed by atoms with Crippen LogP contribution in [0.5, 0.6) is 5.75 Å². The number of benzene rings is 1. The van der Waals surface area contributed by atoms with E-state index in [0.717, 1.165) is 0 Å². The number of ether oxygens (including phenoxy) is 2. The highest BCUT2D eigenvalue weighted by Gasteiger charge is 2.08. The highest BCUT2D eigenvalue weighted by atomic mass is 35.5. The summed E-state index contributed by atoms with van der Waals surface area (Å²) in [6.45, 7) is 0.841. The number of methoxy groups -OCH3 is 1. The highest BCUT2D eigenvalue weighted by molar-refractivity contribution is 6.37. The number of nitrogens with zero attached hydrogens (tertiary/aromatic N) is 1. The lowest BCUT2D eigenvalue weighted by Gasteiger charge is -2.09. The molecule has 0 radical (unpaired) electrons. The number of amidine groups is 1. The van der Waals surface area contributed by atoms with Crippen LogP contribution in [-0.2, 0) is 4.74 Å². The van der Waals surface area contributed by atoms with Crippen molar-refractivity contribution in [3.05, 3.63) is 22.2 Å². The van der Waals surface area contributed by atoms with Gasteiger partial charge in [0.25, 0.3) is 0 Å². The summed E-state index contributed by atoms with van der Waals surface area (Å²) in [4.78, 5) is 4.07. The van der Waals surface area contributed by atoms with Crippen LogP contribution in [0.25, 0.3) is 0 Å². The molecule has 0 atom stereocenters. The molecule has 0 aromatic heterocycles. The van der Waals surface area contributed by atoms with Crippen LogP contribution in [0.2, 0.25) is 10.0 Å². The number of alkyl halides is 1. The molecule has 0 aliphatic rings. The fourth-order valence-corrected chi connectivity index (χ4v) is 1.67. The van der Waals surface area contributed by atoms with Crippen molar-refractivity contribution < 1.29 is 9.47 Å².